The first-order valence-corrected chi connectivity index (χ1v) is 11.4. The highest BCUT2D eigenvalue weighted by molar-refractivity contribution is 5.97. The third-order valence-electron chi connectivity index (χ3n) is 5.95. The van der Waals surface area contributed by atoms with E-state index in [-0.39, 0.29) is 0 Å². The molecule has 2 aromatic rings. The van der Waals surface area contributed by atoms with Crippen molar-refractivity contribution in [2.45, 2.75) is 64.5 Å². The summed E-state index contributed by atoms with van der Waals surface area (Å²) in [5, 5.41) is 2.37. The fourth-order valence-corrected chi connectivity index (χ4v) is 4.38. The Kier molecular flexibility index (Phi) is 7.84. The lowest BCUT2D eigenvalue weighted by Crippen LogP contribution is -2.46. The molecule has 0 saturated heterocycles. The third-order valence-corrected chi connectivity index (χ3v) is 5.95. The Hall–Kier alpha value is -2.42. The van der Waals surface area contributed by atoms with Gasteiger partial charge >= 0.3 is 0 Å². The zero-order valence-electron chi connectivity index (χ0n) is 18.5. The number of hydrogen-bond donors (Lipinski definition) is 2. The second kappa shape index (κ2) is 10.6. The molecule has 0 saturated carbocycles. The van der Waals surface area contributed by atoms with Crippen LogP contribution in [0.15, 0.2) is 78.4 Å². The van der Waals surface area contributed by atoms with Crippen molar-refractivity contribution in [2.24, 2.45) is 11.5 Å². The van der Waals surface area contributed by atoms with Gasteiger partial charge in [-0.3, -0.25) is 0 Å². The summed E-state index contributed by atoms with van der Waals surface area (Å²) in [7, 11) is 0. The quantitative estimate of drug-likeness (QED) is 0.253. The third kappa shape index (κ3) is 4.83. The van der Waals surface area contributed by atoms with Gasteiger partial charge in [0.15, 0.2) is 0 Å². The number of fused-ring (bicyclic) bond motifs is 3. The maximum Gasteiger partial charge on any atom is 0.114 e. The van der Waals surface area contributed by atoms with Crippen LogP contribution in [0.3, 0.4) is 0 Å². The van der Waals surface area contributed by atoms with Gasteiger partial charge in [-0.2, -0.15) is 0 Å². The van der Waals surface area contributed by atoms with Crippen molar-refractivity contribution in [1.29, 1.82) is 0 Å². The zero-order valence-corrected chi connectivity index (χ0v) is 18.5. The first kappa shape index (κ1) is 22.3. The first-order chi connectivity index (χ1) is 14.6. The Balaban J connectivity index is 1.90. The second-order valence-electron chi connectivity index (χ2n) is 8.18. The van der Waals surface area contributed by atoms with Gasteiger partial charge in [0.25, 0.3) is 0 Å². The van der Waals surface area contributed by atoms with Gasteiger partial charge in [0.05, 0.1) is 0 Å². The molecule has 2 nitrogen and oxygen atoms in total. The standard InChI is InChI=1S/C28H36N2/c1-3-5-7-8-9-10-11-13-18-24-25-21-20-22-16-14-15-17-23(22)27(25)28(29,30)26(24)19-12-6-4-2/h3,5,8-9,13-18,20-21H,4,6-7,10-12,19,29-30H2,1-2H3/b5-3?,9-8-,18-13-. The molecule has 0 amide bonds. The molecule has 158 valence electrons. The lowest BCUT2D eigenvalue weighted by molar-refractivity contribution is 0.533. The summed E-state index contributed by atoms with van der Waals surface area (Å²) in [5.41, 5.74) is 17.5. The van der Waals surface area contributed by atoms with Crippen LogP contribution >= 0.6 is 0 Å². The fraction of sp³-hybridized carbons (Fsp3) is 0.357. The number of benzene rings is 2. The van der Waals surface area contributed by atoms with E-state index >= 15 is 0 Å². The second-order valence-corrected chi connectivity index (χ2v) is 8.18. The molecule has 0 aliphatic heterocycles. The van der Waals surface area contributed by atoms with Crippen LogP contribution in [-0.4, -0.2) is 0 Å². The Morgan fingerprint density at radius 2 is 1.70 bits per heavy atom. The van der Waals surface area contributed by atoms with E-state index in [1.807, 2.05) is 0 Å². The summed E-state index contributed by atoms with van der Waals surface area (Å²) >= 11 is 0. The van der Waals surface area contributed by atoms with Gasteiger partial charge in [0.2, 0.25) is 0 Å². The summed E-state index contributed by atoms with van der Waals surface area (Å²) in [4.78, 5) is 0. The van der Waals surface area contributed by atoms with E-state index in [1.54, 1.807) is 0 Å². The minimum absolute atomic E-state index is 0.907. The van der Waals surface area contributed by atoms with E-state index in [9.17, 15) is 0 Å². The van der Waals surface area contributed by atoms with Gasteiger partial charge < -0.3 is 11.5 Å². The number of allylic oxidation sites excluding steroid dienone is 7. The Morgan fingerprint density at radius 3 is 2.50 bits per heavy atom. The predicted octanol–water partition coefficient (Wildman–Crippen LogP) is 7.12. The molecule has 0 unspecified atom stereocenters. The molecule has 2 heteroatoms. The molecule has 4 N–H and O–H groups in total. The Bertz CT molecular complexity index is 973. The van der Waals surface area contributed by atoms with Gasteiger partial charge in [-0.1, -0.05) is 92.6 Å². The molecule has 0 heterocycles. The predicted molar refractivity (Wildman–Crippen MR) is 132 cm³/mol. The molecule has 0 fully saturated rings. The minimum atomic E-state index is -0.907. The van der Waals surface area contributed by atoms with E-state index in [0.29, 0.717) is 0 Å². The van der Waals surface area contributed by atoms with Crippen LogP contribution in [-0.2, 0) is 5.66 Å². The van der Waals surface area contributed by atoms with Crippen LogP contribution in [0.2, 0.25) is 0 Å². The summed E-state index contributed by atoms with van der Waals surface area (Å²) in [6.45, 7) is 4.29. The first-order valence-electron chi connectivity index (χ1n) is 11.4. The molecule has 1 aliphatic carbocycles. The van der Waals surface area contributed by atoms with Crippen molar-refractivity contribution in [1.82, 2.24) is 0 Å². The zero-order chi connectivity index (χ0) is 21.4. The largest absolute Gasteiger partial charge is 0.306 e. The van der Waals surface area contributed by atoms with E-state index in [2.05, 4.69) is 86.7 Å². The van der Waals surface area contributed by atoms with Gasteiger partial charge in [0.1, 0.15) is 5.66 Å². The van der Waals surface area contributed by atoms with Crippen molar-refractivity contribution in [3.05, 3.63) is 89.6 Å². The summed E-state index contributed by atoms with van der Waals surface area (Å²) in [6.07, 6.45) is 20.8. The fourth-order valence-electron chi connectivity index (χ4n) is 4.38. The van der Waals surface area contributed by atoms with Gasteiger partial charge in [-0.05, 0) is 66.5 Å². The Morgan fingerprint density at radius 1 is 0.900 bits per heavy atom. The molecule has 3 rings (SSSR count). The van der Waals surface area contributed by atoms with Crippen LogP contribution in [0.5, 0.6) is 0 Å². The lowest BCUT2D eigenvalue weighted by atomic mass is 9.90. The van der Waals surface area contributed by atoms with E-state index in [0.717, 1.165) is 37.7 Å². The van der Waals surface area contributed by atoms with Gasteiger partial charge in [-0.25, -0.2) is 0 Å². The molecule has 0 atom stereocenters. The van der Waals surface area contributed by atoms with Crippen LogP contribution in [0.1, 0.15) is 69.9 Å². The normalized spacial score (nSPS) is 16.0. The van der Waals surface area contributed by atoms with Gasteiger partial charge in [0, 0.05) is 5.56 Å². The monoisotopic (exact) mass is 400 g/mol. The number of unbranched alkanes of at least 4 members (excludes halogenated alkanes) is 3. The van der Waals surface area contributed by atoms with Crippen LogP contribution in [0.25, 0.3) is 16.3 Å². The molecular formula is C28H36N2. The Labute approximate surface area is 182 Å². The summed E-state index contributed by atoms with van der Waals surface area (Å²) in [6, 6.07) is 12.8. The SMILES string of the molecule is CC=CC/C=C\CC/C=C\C1=C(CCCCC)C(N)(N)c2c1ccc1ccccc21. The molecule has 0 radical (unpaired) electrons. The molecule has 2 aromatic carbocycles. The van der Waals surface area contributed by atoms with Crippen molar-refractivity contribution in [3.63, 3.8) is 0 Å². The van der Waals surface area contributed by atoms with Gasteiger partial charge in [-0.15, -0.1) is 0 Å². The van der Waals surface area contributed by atoms with E-state index in [4.69, 9.17) is 11.5 Å². The molecular weight excluding hydrogens is 364 g/mol. The summed E-state index contributed by atoms with van der Waals surface area (Å²) < 4.78 is 0. The van der Waals surface area contributed by atoms with E-state index < -0.39 is 5.66 Å². The smallest absolute Gasteiger partial charge is 0.114 e. The van der Waals surface area contributed by atoms with Crippen molar-refractivity contribution in [3.8, 4) is 0 Å². The average molecular weight is 401 g/mol. The average Bonchev–Trinajstić information content (AvgIpc) is 2.97. The minimum Gasteiger partial charge on any atom is -0.306 e. The molecule has 0 spiro atoms. The molecule has 0 aromatic heterocycles. The summed E-state index contributed by atoms with van der Waals surface area (Å²) in [5.74, 6) is 0. The highest BCUT2D eigenvalue weighted by atomic mass is 15.0. The maximum atomic E-state index is 6.84. The molecule has 0 bridgehead atoms. The highest BCUT2D eigenvalue weighted by Crippen LogP contribution is 2.46. The van der Waals surface area contributed by atoms with E-state index in [1.165, 1.54) is 40.3 Å². The molecule has 1 aliphatic rings. The van der Waals surface area contributed by atoms with Crippen LogP contribution < -0.4 is 11.5 Å². The molecule has 30 heavy (non-hydrogen) atoms. The van der Waals surface area contributed by atoms with Crippen LogP contribution in [0.4, 0.5) is 0 Å². The lowest BCUT2D eigenvalue weighted by Gasteiger charge is -2.26. The number of nitrogens with two attached hydrogens (primary N) is 2. The maximum absolute atomic E-state index is 6.84. The number of rotatable bonds is 10. The van der Waals surface area contributed by atoms with Crippen LogP contribution in [0, 0.1) is 0 Å². The van der Waals surface area contributed by atoms with Crippen molar-refractivity contribution < 1.29 is 0 Å². The topological polar surface area (TPSA) is 52.0 Å². The highest BCUT2D eigenvalue weighted by Gasteiger charge is 2.39. The van der Waals surface area contributed by atoms with Crippen molar-refractivity contribution >= 4 is 16.3 Å². The number of hydrogen-bond acceptors (Lipinski definition) is 2. The van der Waals surface area contributed by atoms with Crippen molar-refractivity contribution in [2.75, 3.05) is 0 Å².